The summed E-state index contributed by atoms with van der Waals surface area (Å²) in [5.41, 5.74) is 5.03. The fraction of sp³-hybridized carbons (Fsp3) is 0.417. The highest BCUT2D eigenvalue weighted by Gasteiger charge is 2.42. The Morgan fingerprint density at radius 3 is 3.06 bits per heavy atom. The van der Waals surface area contributed by atoms with E-state index in [9.17, 15) is 9.90 Å². The maximum Gasteiger partial charge on any atom is 0.328 e. The molecule has 17 heavy (non-hydrogen) atoms. The van der Waals surface area contributed by atoms with E-state index in [1.807, 2.05) is 6.92 Å². The van der Waals surface area contributed by atoms with Gasteiger partial charge in [0.1, 0.15) is 5.54 Å². The van der Waals surface area contributed by atoms with Crippen molar-refractivity contribution in [3.63, 3.8) is 0 Å². The van der Waals surface area contributed by atoms with Crippen LogP contribution in [-0.4, -0.2) is 24.3 Å². The third-order valence-corrected chi connectivity index (χ3v) is 2.88. The predicted molar refractivity (Wildman–Crippen MR) is 61.2 cm³/mol. The molecule has 0 bridgehead atoms. The molecule has 0 saturated carbocycles. The second-order valence-electron chi connectivity index (χ2n) is 3.94. The van der Waals surface area contributed by atoms with Crippen molar-refractivity contribution in [1.82, 2.24) is 0 Å². The largest absolute Gasteiger partial charge is 0.490 e. The molecule has 1 unspecified atom stereocenters. The van der Waals surface area contributed by atoms with Gasteiger partial charge in [0.05, 0.1) is 13.2 Å². The molecule has 0 fully saturated rings. The van der Waals surface area contributed by atoms with Crippen molar-refractivity contribution < 1.29 is 19.4 Å². The Morgan fingerprint density at radius 1 is 1.65 bits per heavy atom. The summed E-state index contributed by atoms with van der Waals surface area (Å²) in [4.78, 5) is 11.3. The number of aliphatic carboxylic acids is 1. The summed E-state index contributed by atoms with van der Waals surface area (Å²) in [6, 6.07) is 5.14. The van der Waals surface area contributed by atoms with Crippen molar-refractivity contribution >= 4 is 5.97 Å². The third-order valence-electron chi connectivity index (χ3n) is 2.88. The van der Waals surface area contributed by atoms with E-state index in [4.69, 9.17) is 15.2 Å². The van der Waals surface area contributed by atoms with E-state index in [0.29, 0.717) is 23.7 Å². The van der Waals surface area contributed by atoms with Crippen LogP contribution in [0.5, 0.6) is 11.5 Å². The minimum absolute atomic E-state index is 0.255. The lowest BCUT2D eigenvalue weighted by atomic mass is 9.85. The maximum absolute atomic E-state index is 11.3. The van der Waals surface area contributed by atoms with Crippen LogP contribution in [0.2, 0.25) is 0 Å². The van der Waals surface area contributed by atoms with E-state index in [0.717, 1.165) is 0 Å². The first-order valence-electron chi connectivity index (χ1n) is 5.51. The number of carbonyl (C=O) groups is 1. The van der Waals surface area contributed by atoms with Crippen molar-refractivity contribution in [3.8, 4) is 11.5 Å². The monoisotopic (exact) mass is 237 g/mol. The lowest BCUT2D eigenvalue weighted by Gasteiger charge is -2.32. The topological polar surface area (TPSA) is 81.8 Å². The first-order valence-corrected chi connectivity index (χ1v) is 5.51. The number of hydrogen-bond acceptors (Lipinski definition) is 4. The average molecular weight is 237 g/mol. The van der Waals surface area contributed by atoms with Crippen molar-refractivity contribution in [2.24, 2.45) is 5.73 Å². The highest BCUT2D eigenvalue weighted by molar-refractivity contribution is 5.82. The van der Waals surface area contributed by atoms with Gasteiger partial charge in [-0.05, 0) is 13.0 Å². The van der Waals surface area contributed by atoms with Gasteiger partial charge in [-0.25, -0.2) is 4.79 Å². The Morgan fingerprint density at radius 2 is 2.41 bits per heavy atom. The lowest BCUT2D eigenvalue weighted by molar-refractivity contribution is -0.144. The van der Waals surface area contributed by atoms with E-state index in [1.54, 1.807) is 18.2 Å². The molecule has 0 spiro atoms. The highest BCUT2D eigenvalue weighted by Crippen LogP contribution is 2.41. The zero-order chi connectivity index (χ0) is 12.5. The van der Waals surface area contributed by atoms with Crippen LogP contribution in [0.15, 0.2) is 18.2 Å². The number of rotatable bonds is 3. The second kappa shape index (κ2) is 4.25. The Bertz CT molecular complexity index is 446. The number of hydrogen-bond donors (Lipinski definition) is 2. The van der Waals surface area contributed by atoms with Crippen LogP contribution >= 0.6 is 0 Å². The average Bonchev–Trinajstić information content (AvgIpc) is 2.31. The van der Waals surface area contributed by atoms with Gasteiger partial charge in [-0.1, -0.05) is 12.1 Å². The van der Waals surface area contributed by atoms with E-state index >= 15 is 0 Å². The first kappa shape index (κ1) is 11.7. The van der Waals surface area contributed by atoms with Crippen molar-refractivity contribution in [3.05, 3.63) is 23.8 Å². The summed E-state index contributed by atoms with van der Waals surface area (Å²) in [6.07, 6.45) is 0.255. The van der Waals surface area contributed by atoms with Gasteiger partial charge in [-0.3, -0.25) is 0 Å². The number of ether oxygens (including phenoxy) is 2. The number of fused-ring (bicyclic) bond motifs is 1. The quantitative estimate of drug-likeness (QED) is 0.822. The highest BCUT2D eigenvalue weighted by atomic mass is 16.5. The Labute approximate surface area is 99.1 Å². The molecule has 1 atom stereocenters. The number of benzene rings is 1. The molecule has 5 nitrogen and oxygen atoms in total. The summed E-state index contributed by atoms with van der Waals surface area (Å²) in [6.45, 7) is 2.62. The molecule has 1 heterocycles. The molecule has 0 radical (unpaired) electrons. The Balaban J connectivity index is 2.53. The van der Waals surface area contributed by atoms with Crippen LogP contribution in [0.25, 0.3) is 0 Å². The molecule has 2 rings (SSSR count). The Kier molecular flexibility index (Phi) is 2.93. The predicted octanol–water partition coefficient (Wildman–Crippen LogP) is 1.11. The second-order valence-corrected chi connectivity index (χ2v) is 3.94. The molecule has 1 aromatic carbocycles. The van der Waals surface area contributed by atoms with E-state index in [1.165, 1.54) is 0 Å². The molecule has 3 N–H and O–H groups in total. The standard InChI is InChI=1S/C12H15NO4/c1-2-16-9-5-3-4-8-10(9)17-7-6-12(8,13)11(14)15/h3-5H,2,6-7,13H2,1H3,(H,14,15). The minimum Gasteiger partial charge on any atom is -0.490 e. The SMILES string of the molecule is CCOc1cccc2c1OCCC2(N)C(=O)O. The van der Waals surface area contributed by atoms with E-state index in [-0.39, 0.29) is 13.0 Å². The van der Waals surface area contributed by atoms with Crippen LogP contribution in [0.4, 0.5) is 0 Å². The van der Waals surface area contributed by atoms with Crippen LogP contribution in [0.1, 0.15) is 18.9 Å². The Hall–Kier alpha value is -1.75. The van der Waals surface area contributed by atoms with Crippen LogP contribution in [0.3, 0.4) is 0 Å². The molecule has 1 aliphatic heterocycles. The van der Waals surface area contributed by atoms with Gasteiger partial charge >= 0.3 is 5.97 Å². The van der Waals surface area contributed by atoms with Crippen LogP contribution in [0, 0.1) is 0 Å². The fourth-order valence-corrected chi connectivity index (χ4v) is 1.96. The molecule has 1 aliphatic rings. The summed E-state index contributed by atoms with van der Waals surface area (Å²) >= 11 is 0. The van der Waals surface area contributed by atoms with Gasteiger partial charge in [0.15, 0.2) is 11.5 Å². The zero-order valence-corrected chi connectivity index (χ0v) is 9.60. The van der Waals surface area contributed by atoms with Gasteiger partial charge in [-0.15, -0.1) is 0 Å². The summed E-state index contributed by atoms with van der Waals surface area (Å²) in [7, 11) is 0. The van der Waals surface area contributed by atoms with Crippen LogP contribution in [-0.2, 0) is 10.3 Å². The summed E-state index contributed by atoms with van der Waals surface area (Å²) in [5, 5.41) is 9.24. The zero-order valence-electron chi connectivity index (χ0n) is 9.60. The van der Waals surface area contributed by atoms with Crippen molar-refractivity contribution in [1.29, 1.82) is 0 Å². The van der Waals surface area contributed by atoms with Gasteiger partial charge in [0.2, 0.25) is 0 Å². The van der Waals surface area contributed by atoms with Crippen LogP contribution < -0.4 is 15.2 Å². The van der Waals surface area contributed by atoms with Gasteiger partial charge in [0.25, 0.3) is 0 Å². The first-order chi connectivity index (χ1) is 8.09. The molecule has 0 amide bonds. The molecule has 92 valence electrons. The summed E-state index contributed by atoms with van der Waals surface area (Å²) < 4.78 is 10.9. The number of nitrogens with two attached hydrogens (primary N) is 1. The van der Waals surface area contributed by atoms with E-state index < -0.39 is 11.5 Å². The fourth-order valence-electron chi connectivity index (χ4n) is 1.96. The van der Waals surface area contributed by atoms with Gasteiger partial charge in [0, 0.05) is 12.0 Å². The smallest absolute Gasteiger partial charge is 0.328 e. The summed E-state index contributed by atoms with van der Waals surface area (Å²) in [5.74, 6) is -0.0537. The minimum atomic E-state index is -1.39. The number of carboxylic acid groups (broad SMARTS) is 1. The normalized spacial score (nSPS) is 22.5. The molecular formula is C12H15NO4. The number of para-hydroxylation sites is 1. The van der Waals surface area contributed by atoms with E-state index in [2.05, 4.69) is 0 Å². The lowest BCUT2D eigenvalue weighted by Crippen LogP contribution is -2.48. The third kappa shape index (κ3) is 1.82. The molecular weight excluding hydrogens is 222 g/mol. The van der Waals surface area contributed by atoms with Crippen molar-refractivity contribution in [2.45, 2.75) is 18.9 Å². The molecule has 0 aliphatic carbocycles. The van der Waals surface area contributed by atoms with Crippen molar-refractivity contribution in [2.75, 3.05) is 13.2 Å². The van der Waals surface area contributed by atoms with Gasteiger partial charge in [-0.2, -0.15) is 0 Å². The molecule has 0 saturated heterocycles. The number of carboxylic acids is 1. The maximum atomic E-state index is 11.3. The molecule has 0 aromatic heterocycles. The van der Waals surface area contributed by atoms with Gasteiger partial charge < -0.3 is 20.3 Å². The molecule has 5 heteroatoms. The molecule has 1 aromatic rings.